The molecule has 0 spiro atoms. The summed E-state index contributed by atoms with van der Waals surface area (Å²) in [6.07, 6.45) is -8.32. The lowest BCUT2D eigenvalue weighted by atomic mass is 10.0. The third-order valence-corrected chi connectivity index (χ3v) is 7.28. The number of thiophene rings is 1. The van der Waals surface area contributed by atoms with Gasteiger partial charge in [-0.05, 0) is 38.5 Å². The normalized spacial score (nSPS) is 12.4. The Balaban J connectivity index is 1.72. The number of anilines is 1. The zero-order chi connectivity index (χ0) is 30.0. The molecule has 214 valence electrons. The van der Waals surface area contributed by atoms with Gasteiger partial charge in [0.2, 0.25) is 0 Å². The van der Waals surface area contributed by atoms with Crippen LogP contribution < -0.4 is 11.1 Å². The molecule has 5 aromatic rings. The molecule has 0 atom stereocenters. The zero-order valence-corrected chi connectivity index (χ0v) is 22.1. The van der Waals surface area contributed by atoms with E-state index in [0.29, 0.717) is 28.1 Å². The molecule has 0 radical (unpaired) electrons. The van der Waals surface area contributed by atoms with Crippen LogP contribution in [0.5, 0.6) is 0 Å². The minimum absolute atomic E-state index is 0.0238. The van der Waals surface area contributed by atoms with Gasteiger partial charge in [0.15, 0.2) is 11.3 Å². The number of aromatic nitrogens is 6. The highest BCUT2D eigenvalue weighted by molar-refractivity contribution is 7.21. The van der Waals surface area contributed by atoms with E-state index in [1.165, 1.54) is 13.1 Å². The number of aryl methyl sites for hydroxylation is 2. The molecule has 0 bridgehead atoms. The van der Waals surface area contributed by atoms with Crippen molar-refractivity contribution in [2.24, 2.45) is 5.73 Å². The Morgan fingerprint density at radius 3 is 2.32 bits per heavy atom. The number of nitrogens with zero attached hydrogens (tertiary/aromatic N) is 6. The molecule has 10 nitrogen and oxygen atoms in total. The Kier molecular flexibility index (Phi) is 6.51. The molecule has 0 fully saturated rings. The molecule has 17 heteroatoms. The molecule has 2 amide bonds. The van der Waals surface area contributed by atoms with E-state index in [1.807, 2.05) is 0 Å². The predicted octanol–water partition coefficient (Wildman–Crippen LogP) is 5.23. The second-order valence-corrected chi connectivity index (χ2v) is 9.90. The number of carbonyl (C=O) groups is 2. The summed E-state index contributed by atoms with van der Waals surface area (Å²) in [4.78, 5) is 32.7. The number of carbonyl (C=O) groups excluding carboxylic acids is 2. The van der Waals surface area contributed by atoms with E-state index in [0.717, 1.165) is 18.2 Å². The van der Waals surface area contributed by atoms with E-state index in [-0.39, 0.29) is 43.2 Å². The van der Waals surface area contributed by atoms with E-state index in [4.69, 9.17) is 5.73 Å². The van der Waals surface area contributed by atoms with Gasteiger partial charge in [0.05, 0.1) is 11.9 Å². The van der Waals surface area contributed by atoms with Crippen LogP contribution >= 0.6 is 11.3 Å². The van der Waals surface area contributed by atoms with Gasteiger partial charge in [0.1, 0.15) is 21.1 Å². The first-order chi connectivity index (χ1) is 19.1. The van der Waals surface area contributed by atoms with E-state index >= 15 is 0 Å². The predicted molar refractivity (Wildman–Crippen MR) is 135 cm³/mol. The van der Waals surface area contributed by atoms with Crippen LogP contribution in [0.3, 0.4) is 0 Å². The van der Waals surface area contributed by atoms with Crippen molar-refractivity contribution in [3.05, 3.63) is 57.7 Å². The van der Waals surface area contributed by atoms with Gasteiger partial charge in [-0.15, -0.1) is 11.3 Å². The smallest absolute Gasteiger partial charge is 0.365 e. The van der Waals surface area contributed by atoms with Crippen LogP contribution in [-0.2, 0) is 18.9 Å². The molecule has 0 aliphatic heterocycles. The van der Waals surface area contributed by atoms with Gasteiger partial charge in [0, 0.05) is 34.9 Å². The van der Waals surface area contributed by atoms with Gasteiger partial charge in [-0.25, -0.2) is 14.5 Å². The number of nitrogens with one attached hydrogen (secondary N) is 1. The number of alkyl halides is 6. The Labute approximate surface area is 229 Å². The van der Waals surface area contributed by atoms with Crippen LogP contribution in [0, 0.1) is 13.8 Å². The molecule has 0 saturated heterocycles. The van der Waals surface area contributed by atoms with Crippen molar-refractivity contribution >= 4 is 44.7 Å². The first-order valence-electron chi connectivity index (χ1n) is 11.7. The number of hydrogen-bond donors (Lipinski definition) is 2. The molecule has 5 rings (SSSR count). The van der Waals surface area contributed by atoms with Crippen molar-refractivity contribution in [2.45, 2.75) is 39.7 Å². The summed E-state index contributed by atoms with van der Waals surface area (Å²) in [7, 11) is 0. The molecule has 0 saturated carbocycles. The number of hydrogen-bond acceptors (Lipinski definition) is 7. The molecule has 3 N–H and O–H groups in total. The zero-order valence-electron chi connectivity index (χ0n) is 21.3. The average molecular weight is 597 g/mol. The summed E-state index contributed by atoms with van der Waals surface area (Å²) in [5.74, 6) is -2.13. The minimum Gasteiger partial charge on any atom is -0.365 e. The monoisotopic (exact) mass is 596 g/mol. The summed E-state index contributed by atoms with van der Waals surface area (Å²) >= 11 is 0.525. The second-order valence-electron chi connectivity index (χ2n) is 8.90. The Bertz CT molecular complexity index is 1870. The van der Waals surface area contributed by atoms with Crippen molar-refractivity contribution in [1.82, 2.24) is 29.4 Å². The fourth-order valence-electron chi connectivity index (χ4n) is 4.37. The number of primary amides is 1. The largest absolute Gasteiger partial charge is 0.433 e. The van der Waals surface area contributed by atoms with Crippen molar-refractivity contribution in [1.29, 1.82) is 0 Å². The van der Waals surface area contributed by atoms with Crippen LogP contribution in [0.4, 0.5) is 32.0 Å². The van der Waals surface area contributed by atoms with Gasteiger partial charge in [0.25, 0.3) is 11.8 Å². The second kappa shape index (κ2) is 9.53. The van der Waals surface area contributed by atoms with Crippen LogP contribution in [0.2, 0.25) is 0 Å². The minimum atomic E-state index is -4.85. The Morgan fingerprint density at radius 2 is 1.73 bits per heavy atom. The standard InChI is InChI=1S/C24H18F6N8O2S/c1-4-37-10(3)12(8-32-37)11-6-14(23(25,26)27)34-22-17(11)18(19(41-22)20(31)39)35-21(40)13-7-16-33-9(2)5-15(24(28,29)30)38(16)36-13/h5-8H,4H2,1-3H3,(H2,31,39)(H,35,40). The number of rotatable bonds is 5. The van der Waals surface area contributed by atoms with Crippen molar-refractivity contribution in [2.75, 3.05) is 5.32 Å². The van der Waals surface area contributed by atoms with E-state index in [9.17, 15) is 35.9 Å². The van der Waals surface area contributed by atoms with E-state index in [1.54, 1.807) is 18.5 Å². The Morgan fingerprint density at radius 1 is 1.02 bits per heavy atom. The fourth-order valence-corrected chi connectivity index (χ4v) is 5.38. The van der Waals surface area contributed by atoms with Crippen molar-refractivity contribution in [3.63, 3.8) is 0 Å². The molecule has 0 aliphatic carbocycles. The van der Waals surface area contributed by atoms with Crippen molar-refractivity contribution in [3.8, 4) is 11.1 Å². The van der Waals surface area contributed by atoms with Crippen LogP contribution in [0.1, 0.15) is 49.9 Å². The maximum absolute atomic E-state index is 13.8. The van der Waals surface area contributed by atoms with Crippen LogP contribution in [-0.4, -0.2) is 41.2 Å². The molecule has 0 aliphatic rings. The maximum Gasteiger partial charge on any atom is 0.433 e. The average Bonchev–Trinajstić information content (AvgIpc) is 3.56. The SMILES string of the molecule is CCn1ncc(-c2cc(C(F)(F)F)nc3sc(C(N)=O)c(NC(=O)c4cc5nc(C)cc(C(F)(F)F)n5n4)c23)c1C. The molecule has 5 aromatic heterocycles. The quantitative estimate of drug-likeness (QED) is 0.267. The highest BCUT2D eigenvalue weighted by Crippen LogP contribution is 2.44. The first-order valence-corrected chi connectivity index (χ1v) is 12.5. The van der Waals surface area contributed by atoms with Gasteiger partial charge in [-0.3, -0.25) is 14.3 Å². The molecule has 0 unspecified atom stereocenters. The molecule has 0 aromatic carbocycles. The number of amides is 2. The molecular weight excluding hydrogens is 578 g/mol. The number of nitrogens with two attached hydrogens (primary N) is 1. The molecule has 5 heterocycles. The highest BCUT2D eigenvalue weighted by atomic mass is 32.1. The number of halogens is 6. The van der Waals surface area contributed by atoms with E-state index < -0.39 is 41.2 Å². The van der Waals surface area contributed by atoms with Crippen molar-refractivity contribution < 1.29 is 35.9 Å². The molecule has 41 heavy (non-hydrogen) atoms. The lowest BCUT2D eigenvalue weighted by Gasteiger charge is -2.12. The maximum atomic E-state index is 13.8. The van der Waals surface area contributed by atoms with Gasteiger partial charge in [-0.2, -0.15) is 36.5 Å². The molecular formula is C24H18F6N8O2S. The third-order valence-electron chi connectivity index (χ3n) is 6.19. The highest BCUT2D eigenvalue weighted by Gasteiger charge is 2.37. The van der Waals surface area contributed by atoms with Gasteiger partial charge >= 0.3 is 12.4 Å². The lowest BCUT2D eigenvalue weighted by molar-refractivity contribution is -0.143. The summed E-state index contributed by atoms with van der Waals surface area (Å²) in [6.45, 7) is 5.16. The van der Waals surface area contributed by atoms with Crippen LogP contribution in [0.15, 0.2) is 24.4 Å². The summed E-state index contributed by atoms with van der Waals surface area (Å²) in [5.41, 5.74) is 2.81. The first kappa shape index (κ1) is 28.0. The van der Waals surface area contributed by atoms with E-state index in [2.05, 4.69) is 25.5 Å². The number of fused-ring (bicyclic) bond motifs is 2. The lowest BCUT2D eigenvalue weighted by Crippen LogP contribution is -2.18. The summed E-state index contributed by atoms with van der Waals surface area (Å²) in [5, 5.41) is 10.3. The van der Waals surface area contributed by atoms with Gasteiger partial charge in [-0.1, -0.05) is 0 Å². The third kappa shape index (κ3) is 4.85. The topological polar surface area (TPSA) is 133 Å². The van der Waals surface area contributed by atoms with Gasteiger partial charge < -0.3 is 11.1 Å². The number of pyridine rings is 1. The summed E-state index contributed by atoms with van der Waals surface area (Å²) in [6, 6.07) is 2.54. The summed E-state index contributed by atoms with van der Waals surface area (Å²) < 4.78 is 84.1. The van der Waals surface area contributed by atoms with Crippen LogP contribution in [0.25, 0.3) is 27.0 Å². The Hall–Kier alpha value is -4.54. The fraction of sp³-hybridized carbons (Fsp3) is 0.250.